The first-order valence-electron chi connectivity index (χ1n) is 7.82. The highest BCUT2D eigenvalue weighted by molar-refractivity contribution is 5.47. The molecule has 0 bridgehead atoms. The first-order valence-corrected chi connectivity index (χ1v) is 7.82. The second kappa shape index (κ2) is 6.49. The number of benzene rings is 2. The number of hydrogen-bond donors (Lipinski definition) is 1. The van der Waals surface area contributed by atoms with Gasteiger partial charge in [-0.3, -0.25) is 0 Å². The van der Waals surface area contributed by atoms with E-state index < -0.39 is 0 Å². The largest absolute Gasteiger partial charge is 0.497 e. The predicted molar refractivity (Wildman–Crippen MR) is 87.2 cm³/mol. The van der Waals surface area contributed by atoms with Gasteiger partial charge in [0.25, 0.3) is 0 Å². The maximum absolute atomic E-state index is 13.6. The van der Waals surface area contributed by atoms with Crippen molar-refractivity contribution < 1.29 is 9.13 Å². The van der Waals surface area contributed by atoms with Crippen LogP contribution in [-0.4, -0.2) is 20.7 Å². The Morgan fingerprint density at radius 2 is 1.77 bits per heavy atom. The number of aryl methyl sites for hydroxylation is 2. The van der Waals surface area contributed by atoms with Gasteiger partial charge in [-0.25, -0.2) is 4.39 Å². The van der Waals surface area contributed by atoms with Gasteiger partial charge in [-0.05, 0) is 79.4 Å². The lowest BCUT2D eigenvalue weighted by molar-refractivity contribution is 0.414. The first kappa shape index (κ1) is 15.0. The topological polar surface area (TPSA) is 21.3 Å². The third-order valence-corrected chi connectivity index (χ3v) is 4.55. The summed E-state index contributed by atoms with van der Waals surface area (Å²) in [7, 11) is 3.66. The Balaban J connectivity index is 2.08. The van der Waals surface area contributed by atoms with Crippen molar-refractivity contribution in [2.45, 2.75) is 25.2 Å². The Morgan fingerprint density at radius 1 is 1.09 bits per heavy atom. The van der Waals surface area contributed by atoms with E-state index in [0.29, 0.717) is 5.92 Å². The minimum Gasteiger partial charge on any atom is -0.497 e. The van der Waals surface area contributed by atoms with Crippen LogP contribution in [0.2, 0.25) is 0 Å². The zero-order valence-electron chi connectivity index (χ0n) is 13.2. The zero-order chi connectivity index (χ0) is 15.5. The van der Waals surface area contributed by atoms with Crippen LogP contribution in [0.1, 0.15) is 34.6 Å². The molecule has 1 aliphatic carbocycles. The van der Waals surface area contributed by atoms with E-state index >= 15 is 0 Å². The Hall–Kier alpha value is -1.87. The standard InChI is InChI=1S/C19H22FNO/c1-21-10-9-19-17-7-5-15(20)11-13(17)3-4-14-12-16(22-2)6-8-18(14)19/h5-8,11-12,19,21H,3-4,9-10H2,1-2H3. The highest BCUT2D eigenvalue weighted by Crippen LogP contribution is 2.37. The molecule has 1 aliphatic rings. The fourth-order valence-electron chi connectivity index (χ4n) is 3.43. The maximum Gasteiger partial charge on any atom is 0.123 e. The molecule has 1 N–H and O–H groups in total. The molecule has 116 valence electrons. The lowest BCUT2D eigenvalue weighted by Gasteiger charge is -2.21. The molecule has 22 heavy (non-hydrogen) atoms. The molecule has 0 radical (unpaired) electrons. The third kappa shape index (κ3) is 2.86. The van der Waals surface area contributed by atoms with Crippen LogP contribution in [0.15, 0.2) is 36.4 Å². The number of halogens is 1. The summed E-state index contributed by atoms with van der Waals surface area (Å²) in [5, 5.41) is 3.23. The van der Waals surface area contributed by atoms with Gasteiger partial charge >= 0.3 is 0 Å². The molecule has 0 aliphatic heterocycles. The molecule has 0 heterocycles. The molecule has 1 unspecified atom stereocenters. The minimum atomic E-state index is -0.144. The Bertz CT molecular complexity index is 668. The highest BCUT2D eigenvalue weighted by atomic mass is 19.1. The number of nitrogens with one attached hydrogen (secondary N) is 1. The quantitative estimate of drug-likeness (QED) is 0.930. The zero-order valence-corrected chi connectivity index (χ0v) is 13.2. The lowest BCUT2D eigenvalue weighted by Crippen LogP contribution is -2.14. The van der Waals surface area contributed by atoms with E-state index in [1.807, 2.05) is 19.2 Å². The van der Waals surface area contributed by atoms with Crippen LogP contribution < -0.4 is 10.1 Å². The van der Waals surface area contributed by atoms with Crippen LogP contribution in [0.3, 0.4) is 0 Å². The molecule has 3 heteroatoms. The number of methoxy groups -OCH3 is 1. The molecule has 2 nitrogen and oxygen atoms in total. The van der Waals surface area contributed by atoms with Crippen LogP contribution in [0.4, 0.5) is 4.39 Å². The molecular formula is C19H22FNO. The van der Waals surface area contributed by atoms with Gasteiger partial charge in [0.2, 0.25) is 0 Å². The van der Waals surface area contributed by atoms with Crippen LogP contribution >= 0.6 is 0 Å². The van der Waals surface area contributed by atoms with Crippen LogP contribution in [0.25, 0.3) is 0 Å². The smallest absolute Gasteiger partial charge is 0.123 e. The molecule has 0 amide bonds. The van der Waals surface area contributed by atoms with Gasteiger partial charge in [-0.2, -0.15) is 0 Å². The normalized spacial score (nSPS) is 16.6. The lowest BCUT2D eigenvalue weighted by atomic mass is 9.85. The molecule has 0 saturated heterocycles. The van der Waals surface area contributed by atoms with Gasteiger partial charge in [0, 0.05) is 5.92 Å². The van der Waals surface area contributed by atoms with E-state index in [1.165, 1.54) is 16.7 Å². The molecular weight excluding hydrogens is 277 g/mol. The highest BCUT2D eigenvalue weighted by Gasteiger charge is 2.24. The summed E-state index contributed by atoms with van der Waals surface area (Å²) in [6, 6.07) is 11.6. The SMILES string of the molecule is CNCCC1c2ccc(F)cc2CCc2cc(OC)ccc21. The number of hydrogen-bond acceptors (Lipinski definition) is 2. The first-order chi connectivity index (χ1) is 10.7. The monoisotopic (exact) mass is 299 g/mol. The van der Waals surface area contributed by atoms with E-state index in [4.69, 9.17) is 4.74 Å². The van der Waals surface area contributed by atoms with E-state index in [0.717, 1.165) is 37.1 Å². The van der Waals surface area contributed by atoms with Gasteiger partial charge in [0.1, 0.15) is 11.6 Å². The fourth-order valence-corrected chi connectivity index (χ4v) is 3.43. The van der Waals surface area contributed by atoms with E-state index in [9.17, 15) is 4.39 Å². The Morgan fingerprint density at radius 3 is 2.45 bits per heavy atom. The minimum absolute atomic E-state index is 0.144. The summed E-state index contributed by atoms with van der Waals surface area (Å²) in [4.78, 5) is 0. The van der Waals surface area contributed by atoms with Crippen molar-refractivity contribution in [1.82, 2.24) is 5.32 Å². The van der Waals surface area contributed by atoms with E-state index in [-0.39, 0.29) is 5.82 Å². The van der Waals surface area contributed by atoms with Crippen LogP contribution in [0, 0.1) is 5.82 Å². The summed E-state index contributed by atoms with van der Waals surface area (Å²) >= 11 is 0. The summed E-state index contributed by atoms with van der Waals surface area (Å²) in [6.07, 6.45) is 2.82. The van der Waals surface area contributed by atoms with Gasteiger partial charge in [0.15, 0.2) is 0 Å². The molecule has 0 spiro atoms. The van der Waals surface area contributed by atoms with E-state index in [1.54, 1.807) is 19.2 Å². The molecule has 1 atom stereocenters. The van der Waals surface area contributed by atoms with Crippen molar-refractivity contribution in [3.8, 4) is 5.75 Å². The van der Waals surface area contributed by atoms with Crippen molar-refractivity contribution >= 4 is 0 Å². The maximum atomic E-state index is 13.6. The third-order valence-electron chi connectivity index (χ3n) is 4.55. The second-order valence-corrected chi connectivity index (χ2v) is 5.85. The van der Waals surface area contributed by atoms with Crippen molar-refractivity contribution in [2.24, 2.45) is 0 Å². The molecule has 0 saturated carbocycles. The predicted octanol–water partition coefficient (Wildman–Crippen LogP) is 3.67. The summed E-state index contributed by atoms with van der Waals surface area (Å²) in [5.74, 6) is 1.06. The van der Waals surface area contributed by atoms with Gasteiger partial charge < -0.3 is 10.1 Å². The summed E-state index contributed by atoms with van der Waals surface area (Å²) in [5.41, 5.74) is 5.07. The van der Waals surface area contributed by atoms with Crippen LogP contribution in [-0.2, 0) is 12.8 Å². The average Bonchev–Trinajstić information content (AvgIpc) is 2.69. The number of rotatable bonds is 4. The summed E-state index contributed by atoms with van der Waals surface area (Å²) < 4.78 is 19.0. The molecule has 3 rings (SSSR count). The molecule has 2 aromatic carbocycles. The number of ether oxygens (including phenoxy) is 1. The Kier molecular flexibility index (Phi) is 4.44. The summed E-state index contributed by atoms with van der Waals surface area (Å²) in [6.45, 7) is 0.937. The van der Waals surface area contributed by atoms with E-state index in [2.05, 4.69) is 17.4 Å². The van der Waals surface area contributed by atoms with Gasteiger partial charge in [0.05, 0.1) is 7.11 Å². The van der Waals surface area contributed by atoms with Crippen molar-refractivity contribution in [3.63, 3.8) is 0 Å². The van der Waals surface area contributed by atoms with Gasteiger partial charge in [-0.15, -0.1) is 0 Å². The van der Waals surface area contributed by atoms with Crippen molar-refractivity contribution in [1.29, 1.82) is 0 Å². The van der Waals surface area contributed by atoms with Gasteiger partial charge in [-0.1, -0.05) is 12.1 Å². The molecule has 0 fully saturated rings. The average molecular weight is 299 g/mol. The van der Waals surface area contributed by atoms with Crippen molar-refractivity contribution in [2.75, 3.05) is 20.7 Å². The van der Waals surface area contributed by atoms with Crippen LogP contribution in [0.5, 0.6) is 5.75 Å². The van der Waals surface area contributed by atoms with Crippen molar-refractivity contribution in [3.05, 3.63) is 64.5 Å². The fraction of sp³-hybridized carbons (Fsp3) is 0.368. The molecule has 0 aromatic heterocycles. The second-order valence-electron chi connectivity index (χ2n) is 5.85. The number of fused-ring (bicyclic) bond motifs is 2. The molecule has 2 aromatic rings. The Labute approximate surface area is 131 Å².